The van der Waals surface area contributed by atoms with Crippen LogP contribution in [0.4, 0.5) is 0 Å². The van der Waals surface area contributed by atoms with Crippen LogP contribution < -0.4 is 5.32 Å². The maximum absolute atomic E-state index is 12.2. The Morgan fingerprint density at radius 1 is 1.21 bits per heavy atom. The van der Waals surface area contributed by atoms with Gasteiger partial charge in [-0.25, -0.2) is 4.79 Å². The fourth-order valence-electron chi connectivity index (χ4n) is 3.06. The van der Waals surface area contributed by atoms with Gasteiger partial charge in [-0.2, -0.15) is 0 Å². The highest BCUT2D eigenvalue weighted by molar-refractivity contribution is 5.88. The number of hydrogen-bond acceptors (Lipinski definition) is 3. The van der Waals surface area contributed by atoms with Crippen LogP contribution in [-0.2, 0) is 14.3 Å². The molecule has 1 saturated carbocycles. The summed E-state index contributed by atoms with van der Waals surface area (Å²) in [7, 11) is 0. The molecule has 0 aromatic heterocycles. The third-order valence-corrected chi connectivity index (χ3v) is 4.30. The molecule has 108 valence electrons. The van der Waals surface area contributed by atoms with Gasteiger partial charge in [0.2, 0.25) is 5.91 Å². The second kappa shape index (κ2) is 5.90. The molecule has 1 heterocycles. The Balaban J connectivity index is 2.03. The largest absolute Gasteiger partial charge is 0.480 e. The molecule has 1 saturated heterocycles. The molecule has 0 radical (unpaired) electrons. The SMILES string of the molecule is CC1CC(C(=O)NC2(C(=O)O)CCCCCC2)CO1. The molecule has 19 heavy (non-hydrogen) atoms. The van der Waals surface area contributed by atoms with Gasteiger partial charge >= 0.3 is 5.97 Å². The zero-order valence-electron chi connectivity index (χ0n) is 11.5. The molecule has 0 bridgehead atoms. The molecule has 0 aromatic rings. The fourth-order valence-corrected chi connectivity index (χ4v) is 3.06. The second-order valence-electron chi connectivity index (χ2n) is 5.87. The average Bonchev–Trinajstić information content (AvgIpc) is 2.65. The lowest BCUT2D eigenvalue weighted by atomic mass is 9.89. The van der Waals surface area contributed by atoms with Gasteiger partial charge in [0.15, 0.2) is 0 Å². The van der Waals surface area contributed by atoms with Gasteiger partial charge in [0, 0.05) is 0 Å². The van der Waals surface area contributed by atoms with Gasteiger partial charge in [0.25, 0.3) is 0 Å². The predicted molar refractivity (Wildman–Crippen MR) is 69.7 cm³/mol. The first-order valence-electron chi connectivity index (χ1n) is 7.20. The highest BCUT2D eigenvalue weighted by atomic mass is 16.5. The number of carboxylic acid groups (broad SMARTS) is 1. The first-order chi connectivity index (χ1) is 9.03. The summed E-state index contributed by atoms with van der Waals surface area (Å²) in [6, 6.07) is 0. The van der Waals surface area contributed by atoms with E-state index in [0.29, 0.717) is 25.9 Å². The summed E-state index contributed by atoms with van der Waals surface area (Å²) in [6.45, 7) is 2.34. The highest BCUT2D eigenvalue weighted by Gasteiger charge is 2.42. The Morgan fingerprint density at radius 3 is 2.32 bits per heavy atom. The number of carboxylic acids is 1. The Bertz CT molecular complexity index is 347. The summed E-state index contributed by atoms with van der Waals surface area (Å²) in [5.74, 6) is -1.25. The van der Waals surface area contributed by atoms with Crippen LogP contribution in [0.3, 0.4) is 0 Å². The van der Waals surface area contributed by atoms with Crippen molar-refractivity contribution in [2.75, 3.05) is 6.61 Å². The van der Waals surface area contributed by atoms with Crippen molar-refractivity contribution < 1.29 is 19.4 Å². The number of rotatable bonds is 3. The molecule has 1 aliphatic carbocycles. The van der Waals surface area contributed by atoms with E-state index in [1.54, 1.807) is 0 Å². The van der Waals surface area contributed by atoms with Gasteiger partial charge < -0.3 is 15.2 Å². The minimum Gasteiger partial charge on any atom is -0.480 e. The molecule has 0 spiro atoms. The molecule has 2 rings (SSSR count). The van der Waals surface area contributed by atoms with Crippen molar-refractivity contribution in [1.29, 1.82) is 0 Å². The summed E-state index contributed by atoms with van der Waals surface area (Å²) >= 11 is 0. The lowest BCUT2D eigenvalue weighted by molar-refractivity contribution is -0.149. The van der Waals surface area contributed by atoms with Crippen molar-refractivity contribution in [2.24, 2.45) is 5.92 Å². The van der Waals surface area contributed by atoms with Crippen LogP contribution in [-0.4, -0.2) is 35.2 Å². The summed E-state index contributed by atoms with van der Waals surface area (Å²) < 4.78 is 5.39. The van der Waals surface area contributed by atoms with E-state index in [9.17, 15) is 14.7 Å². The van der Waals surface area contributed by atoms with Crippen molar-refractivity contribution in [3.05, 3.63) is 0 Å². The fraction of sp³-hybridized carbons (Fsp3) is 0.857. The molecule has 1 amide bonds. The van der Waals surface area contributed by atoms with E-state index >= 15 is 0 Å². The van der Waals surface area contributed by atoms with Crippen LogP contribution in [0.15, 0.2) is 0 Å². The number of nitrogens with one attached hydrogen (secondary N) is 1. The molecule has 1 aliphatic heterocycles. The van der Waals surface area contributed by atoms with Gasteiger partial charge in [-0.15, -0.1) is 0 Å². The van der Waals surface area contributed by atoms with E-state index in [4.69, 9.17) is 4.74 Å². The summed E-state index contributed by atoms with van der Waals surface area (Å²) in [4.78, 5) is 23.8. The van der Waals surface area contributed by atoms with Crippen LogP contribution in [0.5, 0.6) is 0 Å². The molecule has 2 N–H and O–H groups in total. The molecule has 0 aromatic carbocycles. The van der Waals surface area contributed by atoms with Gasteiger partial charge in [0.05, 0.1) is 18.6 Å². The Morgan fingerprint density at radius 2 is 1.84 bits per heavy atom. The minimum atomic E-state index is -1.06. The van der Waals surface area contributed by atoms with Crippen molar-refractivity contribution >= 4 is 11.9 Å². The van der Waals surface area contributed by atoms with Crippen molar-refractivity contribution in [1.82, 2.24) is 5.32 Å². The lowest BCUT2D eigenvalue weighted by Crippen LogP contribution is -2.55. The zero-order chi connectivity index (χ0) is 13.9. The van der Waals surface area contributed by atoms with E-state index in [1.165, 1.54) is 0 Å². The van der Waals surface area contributed by atoms with Crippen LogP contribution in [0.25, 0.3) is 0 Å². The van der Waals surface area contributed by atoms with Crippen LogP contribution >= 0.6 is 0 Å². The average molecular weight is 269 g/mol. The smallest absolute Gasteiger partial charge is 0.329 e. The lowest BCUT2D eigenvalue weighted by Gasteiger charge is -2.30. The Kier molecular flexibility index (Phi) is 4.45. The van der Waals surface area contributed by atoms with E-state index < -0.39 is 11.5 Å². The van der Waals surface area contributed by atoms with E-state index in [1.807, 2.05) is 6.92 Å². The summed E-state index contributed by atoms with van der Waals surface area (Å²) in [5.41, 5.74) is -1.06. The van der Waals surface area contributed by atoms with E-state index in [2.05, 4.69) is 5.32 Å². The molecule has 2 unspecified atom stereocenters. The molecule has 2 atom stereocenters. The third-order valence-electron chi connectivity index (χ3n) is 4.30. The van der Waals surface area contributed by atoms with Gasteiger partial charge in [-0.05, 0) is 26.2 Å². The molecular weight excluding hydrogens is 246 g/mol. The summed E-state index contributed by atoms with van der Waals surface area (Å²) in [6.07, 6.45) is 5.68. The number of carbonyl (C=O) groups excluding carboxylic acids is 1. The quantitative estimate of drug-likeness (QED) is 0.765. The van der Waals surface area contributed by atoms with E-state index in [0.717, 1.165) is 25.7 Å². The normalized spacial score (nSPS) is 30.6. The highest BCUT2D eigenvalue weighted by Crippen LogP contribution is 2.29. The molecule has 2 fully saturated rings. The van der Waals surface area contributed by atoms with Gasteiger partial charge in [-0.3, -0.25) is 4.79 Å². The van der Waals surface area contributed by atoms with Crippen molar-refractivity contribution in [3.8, 4) is 0 Å². The maximum atomic E-state index is 12.2. The molecule has 5 heteroatoms. The molecular formula is C14H23NO4. The topological polar surface area (TPSA) is 75.6 Å². The van der Waals surface area contributed by atoms with Crippen LogP contribution in [0, 0.1) is 5.92 Å². The number of hydrogen-bond donors (Lipinski definition) is 2. The Labute approximate surface area is 113 Å². The number of aliphatic carboxylic acids is 1. The van der Waals surface area contributed by atoms with Crippen molar-refractivity contribution in [2.45, 2.75) is 63.5 Å². The van der Waals surface area contributed by atoms with Crippen molar-refractivity contribution in [3.63, 3.8) is 0 Å². The molecule has 2 aliphatic rings. The number of ether oxygens (including phenoxy) is 1. The number of carbonyl (C=O) groups is 2. The maximum Gasteiger partial charge on any atom is 0.329 e. The second-order valence-corrected chi connectivity index (χ2v) is 5.87. The Hall–Kier alpha value is -1.10. The summed E-state index contributed by atoms with van der Waals surface area (Å²) in [5, 5.41) is 12.3. The zero-order valence-corrected chi connectivity index (χ0v) is 11.5. The van der Waals surface area contributed by atoms with Crippen LogP contribution in [0.2, 0.25) is 0 Å². The minimum absolute atomic E-state index is 0.0886. The first-order valence-corrected chi connectivity index (χ1v) is 7.20. The number of amides is 1. The standard InChI is InChI=1S/C14H23NO4/c1-10-8-11(9-19-10)12(16)15-14(13(17)18)6-4-2-3-5-7-14/h10-11H,2-9H2,1H3,(H,15,16)(H,17,18). The van der Waals surface area contributed by atoms with Gasteiger partial charge in [-0.1, -0.05) is 25.7 Å². The van der Waals surface area contributed by atoms with Gasteiger partial charge in [0.1, 0.15) is 5.54 Å². The third kappa shape index (κ3) is 3.26. The predicted octanol–water partition coefficient (Wildman–Crippen LogP) is 1.71. The first kappa shape index (κ1) is 14.3. The van der Waals surface area contributed by atoms with E-state index in [-0.39, 0.29) is 17.9 Å². The molecule has 5 nitrogen and oxygen atoms in total. The monoisotopic (exact) mass is 269 g/mol. The van der Waals surface area contributed by atoms with Crippen LogP contribution in [0.1, 0.15) is 51.9 Å².